The van der Waals surface area contributed by atoms with Gasteiger partial charge in [-0.3, -0.25) is 9.59 Å². The average molecular weight is 593 g/mol. The van der Waals surface area contributed by atoms with E-state index in [2.05, 4.69) is 5.32 Å². The van der Waals surface area contributed by atoms with E-state index >= 15 is 0 Å². The molecule has 0 saturated carbocycles. The maximum atomic E-state index is 13.2. The largest absolute Gasteiger partial charge is 0.492 e. The number of hydrogen-bond donors (Lipinski definition) is 1. The minimum Gasteiger partial charge on any atom is -0.492 e. The quantitative estimate of drug-likeness (QED) is 0.143. The van der Waals surface area contributed by atoms with E-state index in [4.69, 9.17) is 9.47 Å². The smallest absolute Gasteiger partial charge is 0.328 e. The number of nitrogens with zero attached hydrogens (tertiary/aromatic N) is 1. The van der Waals surface area contributed by atoms with Gasteiger partial charge in [0.2, 0.25) is 5.91 Å². The van der Waals surface area contributed by atoms with Crippen molar-refractivity contribution in [3.63, 3.8) is 0 Å². The lowest BCUT2D eigenvalue weighted by Gasteiger charge is -2.29. The summed E-state index contributed by atoms with van der Waals surface area (Å²) in [5, 5.41) is 3.24. The first-order valence-corrected chi connectivity index (χ1v) is 14.7. The van der Waals surface area contributed by atoms with Gasteiger partial charge in [-0.1, -0.05) is 93.1 Å². The third-order valence-electron chi connectivity index (χ3n) is 7.20. The van der Waals surface area contributed by atoms with E-state index in [1.54, 1.807) is 35.2 Å². The SMILES string of the molecule is COC(=O)C(Cc1ccc(OCCN(C(=O)C(C)(C)C)c2ccc(C)cc2)cc1)Nc1ccccc1C(=O)c1ccccc1. The first-order valence-electron chi connectivity index (χ1n) is 14.7. The van der Waals surface area contributed by atoms with E-state index in [1.165, 1.54) is 7.11 Å². The number of methoxy groups -OCH3 is 1. The van der Waals surface area contributed by atoms with Crippen LogP contribution in [-0.4, -0.2) is 44.0 Å². The van der Waals surface area contributed by atoms with Gasteiger partial charge < -0.3 is 19.7 Å². The Labute approximate surface area is 259 Å². The number of rotatable bonds is 12. The van der Waals surface area contributed by atoms with Crippen molar-refractivity contribution in [3.05, 3.63) is 125 Å². The highest BCUT2D eigenvalue weighted by Crippen LogP contribution is 2.25. The molecule has 0 spiro atoms. The molecule has 1 unspecified atom stereocenters. The van der Waals surface area contributed by atoms with Crippen molar-refractivity contribution in [1.29, 1.82) is 0 Å². The summed E-state index contributed by atoms with van der Waals surface area (Å²) in [6.45, 7) is 8.46. The second-order valence-corrected chi connectivity index (χ2v) is 11.7. The summed E-state index contributed by atoms with van der Waals surface area (Å²) < 4.78 is 11.1. The Kier molecular flexibility index (Phi) is 10.6. The van der Waals surface area contributed by atoms with Crippen LogP contribution in [0.5, 0.6) is 5.75 Å². The normalized spacial score (nSPS) is 11.8. The fourth-order valence-corrected chi connectivity index (χ4v) is 4.76. The number of amides is 1. The zero-order valence-corrected chi connectivity index (χ0v) is 26.0. The average Bonchev–Trinajstić information content (AvgIpc) is 3.03. The van der Waals surface area contributed by atoms with Crippen LogP contribution < -0.4 is 15.0 Å². The van der Waals surface area contributed by atoms with Gasteiger partial charge in [-0.25, -0.2) is 4.79 Å². The van der Waals surface area contributed by atoms with Crippen molar-refractivity contribution in [2.75, 3.05) is 30.5 Å². The van der Waals surface area contributed by atoms with Crippen LogP contribution in [0.25, 0.3) is 0 Å². The standard InChI is InChI=1S/C37H40N2O5/c1-26-15-19-29(20-16-26)39(36(42)37(2,3)4)23-24-44-30-21-17-27(18-22-30)25-33(35(41)43-5)38-32-14-10-9-13-31(32)34(40)28-11-7-6-8-12-28/h6-22,33,38H,23-25H2,1-5H3. The van der Waals surface area contributed by atoms with Crippen LogP contribution in [0.2, 0.25) is 0 Å². The van der Waals surface area contributed by atoms with Crippen molar-refractivity contribution in [1.82, 2.24) is 0 Å². The van der Waals surface area contributed by atoms with Gasteiger partial charge in [0.05, 0.1) is 13.7 Å². The zero-order chi connectivity index (χ0) is 31.7. The number of nitrogens with one attached hydrogen (secondary N) is 1. The van der Waals surface area contributed by atoms with Gasteiger partial charge in [-0.05, 0) is 48.9 Å². The lowest BCUT2D eigenvalue weighted by molar-refractivity contribution is -0.141. The summed E-state index contributed by atoms with van der Waals surface area (Å²) >= 11 is 0. The minimum atomic E-state index is -0.719. The number of ketones is 1. The van der Waals surface area contributed by atoms with E-state index in [9.17, 15) is 14.4 Å². The van der Waals surface area contributed by atoms with Gasteiger partial charge >= 0.3 is 5.97 Å². The summed E-state index contributed by atoms with van der Waals surface area (Å²) in [6, 6.07) is 30.8. The van der Waals surface area contributed by atoms with Crippen molar-refractivity contribution >= 4 is 29.0 Å². The van der Waals surface area contributed by atoms with Gasteiger partial charge in [0, 0.05) is 34.3 Å². The van der Waals surface area contributed by atoms with Crippen LogP contribution in [-0.2, 0) is 20.7 Å². The number of ether oxygens (including phenoxy) is 2. The van der Waals surface area contributed by atoms with Gasteiger partial charge in [0.1, 0.15) is 18.4 Å². The lowest BCUT2D eigenvalue weighted by atomic mass is 9.94. The van der Waals surface area contributed by atoms with Crippen LogP contribution in [0, 0.1) is 12.3 Å². The molecular weight excluding hydrogens is 552 g/mol. The second kappa shape index (κ2) is 14.5. The molecule has 44 heavy (non-hydrogen) atoms. The topological polar surface area (TPSA) is 84.9 Å². The lowest BCUT2D eigenvalue weighted by Crippen LogP contribution is -2.41. The van der Waals surface area contributed by atoms with Gasteiger partial charge in [0.25, 0.3) is 0 Å². The highest BCUT2D eigenvalue weighted by Gasteiger charge is 2.28. The molecule has 0 heterocycles. The van der Waals surface area contributed by atoms with E-state index < -0.39 is 17.4 Å². The molecule has 0 radical (unpaired) electrons. The molecule has 0 aromatic heterocycles. The molecule has 1 N–H and O–H groups in total. The van der Waals surface area contributed by atoms with Crippen molar-refractivity contribution < 1.29 is 23.9 Å². The third-order valence-corrected chi connectivity index (χ3v) is 7.20. The van der Waals surface area contributed by atoms with Crippen LogP contribution >= 0.6 is 0 Å². The van der Waals surface area contributed by atoms with Crippen LogP contribution in [0.1, 0.15) is 47.8 Å². The molecule has 0 aliphatic carbocycles. The Morgan fingerprint density at radius 2 is 1.45 bits per heavy atom. The summed E-state index contributed by atoms with van der Waals surface area (Å²) in [5.41, 5.74) is 3.91. The second-order valence-electron chi connectivity index (χ2n) is 11.7. The van der Waals surface area contributed by atoms with Crippen LogP contribution in [0.4, 0.5) is 11.4 Å². The molecule has 1 atom stereocenters. The van der Waals surface area contributed by atoms with Crippen molar-refractivity contribution in [2.45, 2.75) is 40.2 Å². The monoisotopic (exact) mass is 592 g/mol. The molecule has 4 rings (SSSR count). The Hall–Kier alpha value is -4.91. The Morgan fingerprint density at radius 1 is 0.818 bits per heavy atom. The molecule has 4 aromatic carbocycles. The maximum absolute atomic E-state index is 13.2. The highest BCUT2D eigenvalue weighted by atomic mass is 16.5. The fraction of sp³-hybridized carbons (Fsp3) is 0.270. The summed E-state index contributed by atoms with van der Waals surface area (Å²) in [7, 11) is 1.35. The number of carbonyl (C=O) groups excluding carboxylic acids is 3. The molecule has 0 saturated heterocycles. The van der Waals surface area contributed by atoms with Crippen LogP contribution in [0.3, 0.4) is 0 Å². The molecule has 0 aliphatic heterocycles. The number of carbonyl (C=O) groups is 3. The number of benzene rings is 4. The fourth-order valence-electron chi connectivity index (χ4n) is 4.76. The Morgan fingerprint density at radius 3 is 2.09 bits per heavy atom. The number of hydrogen-bond acceptors (Lipinski definition) is 6. The Bertz CT molecular complexity index is 1560. The molecule has 0 fully saturated rings. The minimum absolute atomic E-state index is 0.0219. The molecule has 0 aliphatic rings. The maximum Gasteiger partial charge on any atom is 0.328 e. The molecule has 7 nitrogen and oxygen atoms in total. The zero-order valence-electron chi connectivity index (χ0n) is 26.0. The van der Waals surface area contributed by atoms with E-state index in [1.807, 2.05) is 100 Å². The molecule has 4 aromatic rings. The number of aryl methyl sites for hydroxylation is 1. The first kappa shape index (κ1) is 32.0. The predicted octanol–water partition coefficient (Wildman–Crippen LogP) is 6.88. The predicted molar refractivity (Wildman–Crippen MR) is 174 cm³/mol. The molecule has 228 valence electrons. The van der Waals surface area contributed by atoms with E-state index in [0.717, 1.165) is 16.8 Å². The molecular formula is C37H40N2O5. The number of esters is 1. The number of para-hydroxylation sites is 1. The molecule has 1 amide bonds. The van der Waals surface area contributed by atoms with Crippen molar-refractivity contribution in [2.24, 2.45) is 5.41 Å². The third kappa shape index (κ3) is 8.34. The van der Waals surface area contributed by atoms with Gasteiger partial charge in [-0.2, -0.15) is 0 Å². The summed E-state index contributed by atoms with van der Waals surface area (Å²) in [6.07, 6.45) is 0.335. The van der Waals surface area contributed by atoms with E-state index in [-0.39, 0.29) is 11.7 Å². The Balaban J connectivity index is 1.42. The highest BCUT2D eigenvalue weighted by molar-refractivity contribution is 6.12. The van der Waals surface area contributed by atoms with E-state index in [0.29, 0.717) is 42.1 Å². The van der Waals surface area contributed by atoms with Gasteiger partial charge in [-0.15, -0.1) is 0 Å². The summed E-state index contributed by atoms with van der Waals surface area (Å²) in [4.78, 5) is 40.9. The van der Waals surface area contributed by atoms with Crippen molar-refractivity contribution in [3.8, 4) is 5.75 Å². The summed E-state index contributed by atoms with van der Waals surface area (Å²) in [5.74, 6) is 0.104. The number of anilines is 2. The first-order chi connectivity index (χ1) is 21.1. The molecule has 0 bridgehead atoms. The van der Waals surface area contributed by atoms with Crippen LogP contribution in [0.15, 0.2) is 103 Å². The molecule has 7 heteroatoms. The van der Waals surface area contributed by atoms with Gasteiger partial charge in [0.15, 0.2) is 5.78 Å².